The molecule has 124 valence electrons. The van der Waals surface area contributed by atoms with Gasteiger partial charge in [0.15, 0.2) is 6.29 Å². The molecule has 2 aliphatic heterocycles. The summed E-state index contributed by atoms with van der Waals surface area (Å²) in [4.78, 5) is 0. The fourth-order valence-corrected chi connectivity index (χ4v) is 2.41. The highest BCUT2D eigenvalue weighted by Gasteiger charge is 2.47. The predicted octanol–water partition coefficient (Wildman–Crippen LogP) is -3.69. The molecule has 2 fully saturated rings. The predicted molar refractivity (Wildman–Crippen MR) is 66.1 cm³/mol. The molecule has 0 radical (unpaired) electrons. The fraction of sp³-hybridized carbons (Fsp3) is 1.00. The molecule has 6 unspecified atom stereocenters. The van der Waals surface area contributed by atoms with Crippen molar-refractivity contribution in [3.05, 3.63) is 0 Å². The van der Waals surface area contributed by atoms with Gasteiger partial charge in [-0.05, 0) is 6.92 Å². The zero-order valence-corrected chi connectivity index (χ0v) is 11.5. The minimum absolute atomic E-state index is 0.0333. The molecule has 0 amide bonds. The largest absolute Gasteiger partial charge is 0.394 e. The Morgan fingerprint density at radius 3 is 2.24 bits per heavy atom. The van der Waals surface area contributed by atoms with Gasteiger partial charge >= 0.3 is 0 Å². The van der Waals surface area contributed by atoms with Gasteiger partial charge in [-0.15, -0.1) is 0 Å². The molecule has 2 aliphatic rings. The minimum Gasteiger partial charge on any atom is -0.394 e. The van der Waals surface area contributed by atoms with Crippen molar-refractivity contribution in [2.24, 2.45) is 0 Å². The molecule has 2 rings (SSSR count). The van der Waals surface area contributed by atoms with Crippen LogP contribution in [-0.2, 0) is 14.2 Å². The van der Waals surface area contributed by atoms with E-state index in [0.717, 1.165) is 0 Å². The molecule has 0 aromatic rings. The van der Waals surface area contributed by atoms with Crippen molar-refractivity contribution >= 4 is 0 Å². The Bertz CT molecular complexity index is 339. The van der Waals surface area contributed by atoms with E-state index in [2.05, 4.69) is 0 Å². The van der Waals surface area contributed by atoms with Gasteiger partial charge in [0.1, 0.15) is 42.7 Å². The van der Waals surface area contributed by atoms with Crippen LogP contribution in [0, 0.1) is 0 Å². The van der Waals surface area contributed by atoms with Crippen molar-refractivity contribution in [3.63, 3.8) is 0 Å². The zero-order valence-electron chi connectivity index (χ0n) is 11.5. The third-order valence-electron chi connectivity index (χ3n) is 3.89. The number of hydrogen-bond donors (Lipinski definition) is 6. The van der Waals surface area contributed by atoms with E-state index in [9.17, 15) is 25.5 Å². The lowest BCUT2D eigenvalue weighted by Gasteiger charge is -2.43. The van der Waals surface area contributed by atoms with E-state index in [1.807, 2.05) is 0 Å². The maximum atomic E-state index is 9.91. The van der Waals surface area contributed by atoms with Crippen LogP contribution in [0.2, 0.25) is 0 Å². The Kier molecular flexibility index (Phi) is 5.52. The van der Waals surface area contributed by atoms with E-state index in [4.69, 9.17) is 19.3 Å². The molecule has 9 nitrogen and oxygen atoms in total. The average Bonchev–Trinajstić information content (AvgIpc) is 2.48. The van der Waals surface area contributed by atoms with Crippen LogP contribution < -0.4 is 0 Å². The number of hydrogen-bond acceptors (Lipinski definition) is 9. The summed E-state index contributed by atoms with van der Waals surface area (Å²) in [6, 6.07) is 0. The molecule has 0 aromatic heterocycles. The molecule has 0 saturated carbocycles. The van der Waals surface area contributed by atoms with Crippen LogP contribution in [0.1, 0.15) is 6.92 Å². The topological polar surface area (TPSA) is 149 Å². The van der Waals surface area contributed by atoms with Crippen molar-refractivity contribution in [1.29, 1.82) is 0 Å². The standard InChI is InChI=1S/C12H22O9/c1-4-7(14)9(16)6(3-19-4)21-12-11(18)10(17)8(15)5(2-13)20-12/h4-18H,2-3H2,1H3/t4?,5?,6?,7-,8-,9?,10?,11?,12-/m0/s1. The van der Waals surface area contributed by atoms with Gasteiger partial charge in [0.25, 0.3) is 0 Å². The van der Waals surface area contributed by atoms with Crippen LogP contribution >= 0.6 is 0 Å². The summed E-state index contributed by atoms with van der Waals surface area (Å²) in [7, 11) is 0. The van der Waals surface area contributed by atoms with Crippen molar-refractivity contribution in [3.8, 4) is 0 Å². The van der Waals surface area contributed by atoms with Gasteiger partial charge < -0.3 is 44.8 Å². The van der Waals surface area contributed by atoms with Gasteiger partial charge in [0.05, 0.1) is 19.3 Å². The van der Waals surface area contributed by atoms with Crippen LogP contribution in [0.4, 0.5) is 0 Å². The summed E-state index contributed by atoms with van der Waals surface area (Å²) in [5.74, 6) is 0. The van der Waals surface area contributed by atoms with Crippen LogP contribution in [0.5, 0.6) is 0 Å². The molecular formula is C12H22O9. The van der Waals surface area contributed by atoms with Crippen molar-refractivity contribution in [2.45, 2.75) is 62.0 Å². The Morgan fingerprint density at radius 1 is 0.952 bits per heavy atom. The summed E-state index contributed by atoms with van der Waals surface area (Å²) in [6.07, 6.45) is -11.0. The Hall–Kier alpha value is -0.360. The smallest absolute Gasteiger partial charge is 0.187 e. The molecule has 2 heterocycles. The molecule has 9 atom stereocenters. The SMILES string of the molecule is CC1OCC(O[C@@H]2OC(CO)[C@H](O)C(O)C2O)C(O)[C@H]1O. The van der Waals surface area contributed by atoms with E-state index in [-0.39, 0.29) is 6.61 Å². The van der Waals surface area contributed by atoms with E-state index < -0.39 is 61.7 Å². The van der Waals surface area contributed by atoms with Gasteiger partial charge in [-0.3, -0.25) is 0 Å². The third kappa shape index (κ3) is 3.36. The molecule has 0 aliphatic carbocycles. The molecular weight excluding hydrogens is 288 g/mol. The van der Waals surface area contributed by atoms with Crippen LogP contribution in [0.3, 0.4) is 0 Å². The highest BCUT2D eigenvalue weighted by Crippen LogP contribution is 2.26. The van der Waals surface area contributed by atoms with Crippen LogP contribution in [0.25, 0.3) is 0 Å². The quantitative estimate of drug-likeness (QED) is 0.310. The lowest BCUT2D eigenvalue weighted by Crippen LogP contribution is -2.62. The zero-order chi connectivity index (χ0) is 15.7. The number of ether oxygens (including phenoxy) is 3. The molecule has 0 aromatic carbocycles. The first kappa shape index (κ1) is 17.0. The summed E-state index contributed by atoms with van der Waals surface area (Å²) in [5, 5.41) is 57.8. The Labute approximate surface area is 121 Å². The highest BCUT2D eigenvalue weighted by atomic mass is 16.7. The Balaban J connectivity index is 2.01. The summed E-state index contributed by atoms with van der Waals surface area (Å²) in [6.45, 7) is 0.987. The van der Waals surface area contributed by atoms with E-state index >= 15 is 0 Å². The first-order valence-corrected chi connectivity index (χ1v) is 6.80. The van der Waals surface area contributed by atoms with Crippen molar-refractivity contribution in [2.75, 3.05) is 13.2 Å². The summed E-state index contributed by atoms with van der Waals surface area (Å²) < 4.78 is 15.7. The number of rotatable bonds is 3. The fourth-order valence-electron chi connectivity index (χ4n) is 2.41. The molecule has 9 heteroatoms. The maximum absolute atomic E-state index is 9.91. The van der Waals surface area contributed by atoms with E-state index in [1.54, 1.807) is 6.92 Å². The van der Waals surface area contributed by atoms with E-state index in [0.29, 0.717) is 0 Å². The lowest BCUT2D eigenvalue weighted by molar-refractivity contribution is -0.330. The monoisotopic (exact) mass is 310 g/mol. The van der Waals surface area contributed by atoms with Crippen molar-refractivity contribution < 1.29 is 44.8 Å². The molecule has 6 N–H and O–H groups in total. The average molecular weight is 310 g/mol. The van der Waals surface area contributed by atoms with Gasteiger partial charge in [-0.1, -0.05) is 0 Å². The second-order valence-corrected chi connectivity index (χ2v) is 5.39. The summed E-state index contributed by atoms with van der Waals surface area (Å²) in [5.41, 5.74) is 0. The summed E-state index contributed by atoms with van der Waals surface area (Å²) >= 11 is 0. The molecule has 21 heavy (non-hydrogen) atoms. The van der Waals surface area contributed by atoms with Gasteiger partial charge in [-0.2, -0.15) is 0 Å². The molecule has 0 bridgehead atoms. The lowest BCUT2D eigenvalue weighted by atomic mass is 9.98. The third-order valence-corrected chi connectivity index (χ3v) is 3.89. The first-order chi connectivity index (χ1) is 9.86. The number of aliphatic hydroxyl groups excluding tert-OH is 6. The minimum atomic E-state index is -1.56. The second-order valence-electron chi connectivity index (χ2n) is 5.39. The van der Waals surface area contributed by atoms with Gasteiger partial charge in [-0.25, -0.2) is 0 Å². The van der Waals surface area contributed by atoms with Crippen LogP contribution in [-0.4, -0.2) is 99.0 Å². The van der Waals surface area contributed by atoms with Crippen molar-refractivity contribution in [1.82, 2.24) is 0 Å². The number of aliphatic hydroxyl groups is 6. The maximum Gasteiger partial charge on any atom is 0.187 e. The van der Waals surface area contributed by atoms with Crippen LogP contribution in [0.15, 0.2) is 0 Å². The molecule has 2 saturated heterocycles. The normalized spacial score (nSPS) is 51.9. The Morgan fingerprint density at radius 2 is 1.62 bits per heavy atom. The molecule has 0 spiro atoms. The van der Waals surface area contributed by atoms with Gasteiger partial charge in [0.2, 0.25) is 0 Å². The van der Waals surface area contributed by atoms with E-state index in [1.165, 1.54) is 0 Å². The first-order valence-electron chi connectivity index (χ1n) is 6.80. The second kappa shape index (κ2) is 6.82. The highest BCUT2D eigenvalue weighted by molar-refractivity contribution is 4.91. The van der Waals surface area contributed by atoms with Gasteiger partial charge in [0, 0.05) is 0 Å².